The number of rotatable bonds is 4. The lowest BCUT2D eigenvalue weighted by atomic mass is 10.2. The molecule has 1 rings (SSSR count). The average molecular weight is 350 g/mol. The molecule has 0 fully saturated rings. The molecule has 1 aromatic heterocycles. The molecule has 0 radical (unpaired) electrons. The molecule has 0 aliphatic heterocycles. The average Bonchev–Trinajstić information content (AvgIpc) is 2.10. The largest absolute Gasteiger partial charge is 0.574 e. The number of ether oxygens (including phenoxy) is 1. The highest BCUT2D eigenvalue weighted by Gasteiger charge is 2.35. The van der Waals surface area contributed by atoms with Crippen molar-refractivity contribution < 1.29 is 36.6 Å². The Balaban J connectivity index is 3.28. The van der Waals surface area contributed by atoms with Crippen molar-refractivity contribution in [2.75, 3.05) is 0 Å². The molecule has 19 heavy (non-hydrogen) atoms. The van der Waals surface area contributed by atoms with Gasteiger partial charge in [0.25, 0.3) is 6.43 Å². The first-order valence-corrected chi connectivity index (χ1v) is 5.34. The Labute approximate surface area is 111 Å². The predicted molar refractivity (Wildman–Crippen MR) is 54.9 cm³/mol. The van der Waals surface area contributed by atoms with Gasteiger partial charge in [-0.05, 0) is 6.07 Å². The third kappa shape index (κ3) is 4.62. The van der Waals surface area contributed by atoms with Gasteiger partial charge in [0.1, 0.15) is 0 Å². The molecule has 1 heterocycles. The first-order valence-electron chi connectivity index (χ1n) is 4.55. The van der Waals surface area contributed by atoms with Gasteiger partial charge in [0.05, 0.1) is 17.7 Å². The Morgan fingerprint density at radius 2 is 2.05 bits per heavy atom. The van der Waals surface area contributed by atoms with Gasteiger partial charge in [-0.25, -0.2) is 13.8 Å². The molecule has 0 aliphatic carbocycles. The third-order valence-electron chi connectivity index (χ3n) is 1.79. The van der Waals surface area contributed by atoms with E-state index in [4.69, 9.17) is 5.11 Å². The summed E-state index contributed by atoms with van der Waals surface area (Å²) in [5.74, 6) is -2.74. The lowest BCUT2D eigenvalue weighted by Gasteiger charge is -2.14. The van der Waals surface area contributed by atoms with Crippen molar-refractivity contribution in [2.24, 2.45) is 0 Å². The van der Waals surface area contributed by atoms with E-state index < -0.39 is 41.1 Å². The van der Waals surface area contributed by atoms with Gasteiger partial charge in [-0.1, -0.05) is 15.9 Å². The molecule has 0 unspecified atom stereocenters. The molecule has 0 saturated heterocycles. The number of carboxylic acids is 1. The summed E-state index contributed by atoms with van der Waals surface area (Å²) < 4.78 is 64.4. The van der Waals surface area contributed by atoms with Gasteiger partial charge >= 0.3 is 12.3 Å². The Morgan fingerprint density at radius 1 is 1.47 bits per heavy atom. The SMILES string of the molecule is O=C(O)Cc1cc(Br)c(C(F)F)c(OC(F)(F)F)n1. The Morgan fingerprint density at radius 3 is 2.47 bits per heavy atom. The number of alkyl halides is 5. The van der Waals surface area contributed by atoms with Crippen molar-refractivity contribution in [1.29, 1.82) is 0 Å². The van der Waals surface area contributed by atoms with Crippen molar-refractivity contribution in [1.82, 2.24) is 4.98 Å². The Hall–Kier alpha value is -1.45. The summed E-state index contributed by atoms with van der Waals surface area (Å²) in [6.07, 6.45) is -9.20. The normalized spacial score (nSPS) is 11.7. The molecular weight excluding hydrogens is 345 g/mol. The minimum absolute atomic E-state index is 0.344. The minimum atomic E-state index is -5.21. The van der Waals surface area contributed by atoms with Crippen molar-refractivity contribution in [3.8, 4) is 5.88 Å². The number of hydrogen-bond acceptors (Lipinski definition) is 3. The fourth-order valence-corrected chi connectivity index (χ4v) is 1.79. The number of carboxylic acid groups (broad SMARTS) is 1. The van der Waals surface area contributed by atoms with E-state index in [0.717, 1.165) is 6.07 Å². The quantitative estimate of drug-likeness (QED) is 0.847. The maximum atomic E-state index is 12.6. The summed E-state index contributed by atoms with van der Waals surface area (Å²) in [6, 6.07) is 0.902. The number of halogens is 6. The highest BCUT2D eigenvalue weighted by molar-refractivity contribution is 9.10. The zero-order valence-corrected chi connectivity index (χ0v) is 10.4. The van der Waals surface area contributed by atoms with Crippen molar-refractivity contribution in [2.45, 2.75) is 19.2 Å². The number of aromatic nitrogens is 1. The Bertz CT molecular complexity index is 491. The van der Waals surface area contributed by atoms with Gasteiger partial charge in [-0.3, -0.25) is 4.79 Å². The smallest absolute Gasteiger partial charge is 0.481 e. The van der Waals surface area contributed by atoms with Gasteiger partial charge < -0.3 is 9.84 Å². The molecule has 10 heteroatoms. The molecule has 0 aliphatic rings. The zero-order chi connectivity index (χ0) is 14.8. The molecule has 106 valence electrons. The lowest BCUT2D eigenvalue weighted by Crippen LogP contribution is -2.20. The maximum Gasteiger partial charge on any atom is 0.574 e. The molecule has 0 spiro atoms. The molecule has 0 bridgehead atoms. The molecule has 1 N–H and O–H groups in total. The predicted octanol–water partition coefficient (Wildman–Crippen LogP) is 3.31. The van der Waals surface area contributed by atoms with E-state index in [-0.39, 0.29) is 5.69 Å². The van der Waals surface area contributed by atoms with E-state index in [0.29, 0.717) is 0 Å². The van der Waals surface area contributed by atoms with E-state index in [2.05, 4.69) is 25.7 Å². The van der Waals surface area contributed by atoms with E-state index in [1.807, 2.05) is 0 Å². The van der Waals surface area contributed by atoms with Crippen LogP contribution in [-0.4, -0.2) is 22.4 Å². The zero-order valence-electron chi connectivity index (χ0n) is 8.84. The van der Waals surface area contributed by atoms with Crippen LogP contribution in [0.1, 0.15) is 17.7 Å². The second kappa shape index (κ2) is 5.68. The van der Waals surface area contributed by atoms with Gasteiger partial charge in [0.2, 0.25) is 5.88 Å². The van der Waals surface area contributed by atoms with Crippen molar-refractivity contribution >= 4 is 21.9 Å². The van der Waals surface area contributed by atoms with Crippen molar-refractivity contribution in [3.63, 3.8) is 0 Å². The number of nitrogens with zero attached hydrogens (tertiary/aromatic N) is 1. The third-order valence-corrected chi connectivity index (χ3v) is 2.45. The topological polar surface area (TPSA) is 59.4 Å². The highest BCUT2D eigenvalue weighted by atomic mass is 79.9. The van der Waals surface area contributed by atoms with Crippen LogP contribution in [0.15, 0.2) is 10.5 Å². The van der Waals surface area contributed by atoms with Gasteiger partial charge in [-0.15, -0.1) is 13.2 Å². The van der Waals surface area contributed by atoms with Gasteiger partial charge in [-0.2, -0.15) is 0 Å². The standard InChI is InChI=1S/C9H5BrF5NO3/c10-4-1-3(2-5(17)18)16-8(6(4)7(11)12)19-9(13,14)15/h1,7H,2H2,(H,17,18). The Kier molecular flexibility index (Phi) is 4.66. The van der Waals surface area contributed by atoms with Crippen LogP contribution in [0.3, 0.4) is 0 Å². The molecule has 1 aromatic rings. The summed E-state index contributed by atoms with van der Waals surface area (Å²) in [5, 5.41) is 8.49. The summed E-state index contributed by atoms with van der Waals surface area (Å²) in [7, 11) is 0. The number of hydrogen-bond donors (Lipinski definition) is 1. The van der Waals surface area contributed by atoms with Crippen LogP contribution in [0.2, 0.25) is 0 Å². The van der Waals surface area contributed by atoms with Crippen LogP contribution in [0, 0.1) is 0 Å². The highest BCUT2D eigenvalue weighted by Crippen LogP contribution is 2.37. The summed E-state index contributed by atoms with van der Waals surface area (Å²) in [6.45, 7) is 0. The molecule has 0 aromatic carbocycles. The first-order chi connectivity index (χ1) is 8.60. The first kappa shape index (κ1) is 15.6. The summed E-state index contributed by atoms with van der Waals surface area (Å²) in [5.41, 5.74) is -1.44. The molecule has 4 nitrogen and oxygen atoms in total. The summed E-state index contributed by atoms with van der Waals surface area (Å²) in [4.78, 5) is 13.6. The van der Waals surface area contributed by atoms with Crippen LogP contribution in [0.4, 0.5) is 22.0 Å². The molecule has 0 saturated carbocycles. The number of aliphatic carboxylic acids is 1. The van der Waals surface area contributed by atoms with Gasteiger partial charge in [0, 0.05) is 4.47 Å². The van der Waals surface area contributed by atoms with Crippen LogP contribution in [0.25, 0.3) is 0 Å². The molecule has 0 amide bonds. The number of pyridine rings is 1. The second-order valence-electron chi connectivity index (χ2n) is 3.23. The molecular formula is C9H5BrF5NO3. The summed E-state index contributed by atoms with van der Waals surface area (Å²) >= 11 is 2.64. The van der Waals surface area contributed by atoms with E-state index in [1.165, 1.54) is 0 Å². The van der Waals surface area contributed by atoms with Gasteiger partial charge in [0.15, 0.2) is 0 Å². The second-order valence-corrected chi connectivity index (χ2v) is 4.09. The van der Waals surface area contributed by atoms with E-state index in [1.54, 1.807) is 0 Å². The fraction of sp³-hybridized carbons (Fsp3) is 0.333. The van der Waals surface area contributed by atoms with Crippen LogP contribution < -0.4 is 4.74 Å². The lowest BCUT2D eigenvalue weighted by molar-refractivity contribution is -0.276. The van der Waals surface area contributed by atoms with Crippen molar-refractivity contribution in [3.05, 3.63) is 21.8 Å². The van der Waals surface area contributed by atoms with E-state index >= 15 is 0 Å². The monoisotopic (exact) mass is 349 g/mol. The number of carbonyl (C=O) groups is 1. The van der Waals surface area contributed by atoms with Crippen LogP contribution >= 0.6 is 15.9 Å². The van der Waals surface area contributed by atoms with Crippen LogP contribution in [-0.2, 0) is 11.2 Å². The fourth-order valence-electron chi connectivity index (χ4n) is 1.18. The minimum Gasteiger partial charge on any atom is -0.481 e. The van der Waals surface area contributed by atoms with E-state index in [9.17, 15) is 26.7 Å². The van der Waals surface area contributed by atoms with Crippen LogP contribution in [0.5, 0.6) is 5.88 Å². The maximum absolute atomic E-state index is 12.6. The molecule has 0 atom stereocenters.